The van der Waals surface area contributed by atoms with Crippen molar-refractivity contribution >= 4 is 11.6 Å². The number of hydrogen-bond donors (Lipinski definition) is 1. The Morgan fingerprint density at radius 1 is 0.455 bits per heavy atom. The molecule has 760 valence electrons. The highest BCUT2D eigenvalue weighted by Gasteiger charge is 2.44. The molecule has 0 bridgehead atoms. The predicted molar refractivity (Wildman–Crippen MR) is 590 cm³/mol. The van der Waals surface area contributed by atoms with E-state index in [4.69, 9.17) is 30.9 Å². The molecule has 6 aliphatic rings. The van der Waals surface area contributed by atoms with E-state index in [-0.39, 0.29) is 11.9 Å². The first kappa shape index (κ1) is 128. The van der Waals surface area contributed by atoms with Gasteiger partial charge in [-0.2, -0.15) is 0 Å². The normalized spacial score (nSPS) is 15.6. The standard InChI is InChI=1S/C10H13F.2C10H19N.C10H14O.C10H14.C9H11Cl.C9H12O.C9H12.C8H11N.C8H18.C7H11N.C7H14O.C6H14O.C6H12.C5H12/c1-7(2)9-5-4-8(3)10(11)6-9;1-9(2)11-7-5-10(3-4-10)6-8-11;1-8(2)11-6-9-4-3-5-10(9)7-11;1-9(2)11-8-10-6-4-3-5-7-10;1-9(2)8-10-6-4-3-5-7-10;1-7(2)8-4-3-5-9(10)6-8;1-8(2)10-9-6-4-3-5-7-9;1-8(2)9-6-4-3-5-7-9;1-7(2)8-5-3-4-6-9-8;1-6-8(4,5)7(2)3;1-7(2)8-5-3-4-6-8;1-6(2)8-5-7-3-4-7;1-5(2)6(3,4)7;1-5(2)6-3-4-6;1-4-5(2)3/h4-7H,1-3H3;9H,3-8H2,1-2H3;8-10H,3-7H2,1-2H3;3-7,9H,8H2,1-2H3;3-7,9H,8H2,1-2H3;3-7H,1-2H3;3-8H,1-2H3;3-8H,1-2H3;3-7H,1-2H3;7H,6H2,1-5H3;3-7H,1-2H3;6-7H,3-5H2,1-2H3;5,7H,1-4H3;5-6H,3-4H2,1-2H3;5H,4H2,1-3H3. The number of benzene rings is 6. The minimum Gasteiger partial charge on any atom is -0.491 e. The predicted octanol–water partition coefficient (Wildman–Crippen LogP) is 36.6. The maximum absolute atomic E-state index is 12.9. The van der Waals surface area contributed by atoms with Crippen LogP contribution in [0.3, 0.4) is 0 Å². The quantitative estimate of drug-likeness (QED) is 0.0725. The number of pyridine rings is 1. The van der Waals surface area contributed by atoms with Gasteiger partial charge in [0.25, 0.3) is 0 Å². The molecule has 1 N–H and O–H groups in total. The Hall–Kier alpha value is -6.43. The average Bonchev–Trinajstić information content (AvgIpc) is 1.64. The third-order valence-electron chi connectivity index (χ3n) is 26.0. The van der Waals surface area contributed by atoms with E-state index in [9.17, 15) is 4.39 Å². The average molecular weight is 1870 g/mol. The van der Waals surface area contributed by atoms with Crippen molar-refractivity contribution in [2.24, 2.45) is 64.1 Å². The largest absolute Gasteiger partial charge is 0.491 e. The zero-order valence-electron chi connectivity index (χ0n) is 93.0. The third-order valence-corrected chi connectivity index (χ3v) is 26.3. The lowest BCUT2D eigenvalue weighted by Gasteiger charge is -2.34. The maximum Gasteiger partial charge on any atom is 0.126 e. The highest BCUT2D eigenvalue weighted by atomic mass is 35.5. The van der Waals surface area contributed by atoms with Crippen molar-refractivity contribution in [2.45, 2.75) is 418 Å². The zero-order valence-corrected chi connectivity index (χ0v) is 93.8. The molecule has 6 aromatic carbocycles. The number of rotatable bonds is 22. The molecule has 2 aromatic heterocycles. The van der Waals surface area contributed by atoms with Crippen molar-refractivity contribution in [3.8, 4) is 5.75 Å². The molecule has 2 saturated heterocycles. The summed E-state index contributed by atoms with van der Waals surface area (Å²) in [5.74, 6) is 11.0. The van der Waals surface area contributed by atoms with Crippen LogP contribution in [0.1, 0.15) is 402 Å². The summed E-state index contributed by atoms with van der Waals surface area (Å²) in [5, 5.41) is 9.92. The molecular formula is C124H206ClFN4O4. The zero-order chi connectivity index (χ0) is 102. The molecule has 6 fully saturated rings. The van der Waals surface area contributed by atoms with Gasteiger partial charge in [-0.05, 0) is 363 Å². The van der Waals surface area contributed by atoms with Crippen LogP contribution < -0.4 is 4.74 Å². The van der Waals surface area contributed by atoms with Crippen LogP contribution in [0, 0.1) is 76.8 Å². The molecule has 2 atom stereocenters. The number of para-hydroxylation sites is 1. The van der Waals surface area contributed by atoms with E-state index < -0.39 is 5.60 Å². The lowest BCUT2D eigenvalue weighted by molar-refractivity contribution is 0.0327. The Bertz CT molecular complexity index is 3870. The second kappa shape index (κ2) is 71.9. The monoisotopic (exact) mass is 1870 g/mol. The molecule has 8 nitrogen and oxygen atoms in total. The van der Waals surface area contributed by atoms with Crippen LogP contribution in [0.25, 0.3) is 0 Å². The Morgan fingerprint density at radius 3 is 1.21 bits per heavy atom. The summed E-state index contributed by atoms with van der Waals surface area (Å²) in [7, 11) is 0. The topological polar surface area (TPSA) is 72.2 Å². The van der Waals surface area contributed by atoms with Crippen LogP contribution in [-0.4, -0.2) is 93.2 Å². The van der Waals surface area contributed by atoms with Gasteiger partial charge in [0.1, 0.15) is 11.6 Å². The van der Waals surface area contributed by atoms with Crippen LogP contribution in [0.5, 0.6) is 5.75 Å². The third kappa shape index (κ3) is 66.2. The number of piperidine rings is 1. The molecule has 1 spiro atoms. The molecule has 134 heavy (non-hydrogen) atoms. The second-order valence-electron chi connectivity index (χ2n) is 44.1. The number of ether oxygens (including phenoxy) is 3. The highest BCUT2D eigenvalue weighted by Crippen LogP contribution is 2.53. The van der Waals surface area contributed by atoms with Crippen LogP contribution in [0.15, 0.2) is 213 Å². The summed E-state index contributed by atoms with van der Waals surface area (Å²) in [6, 6.07) is 66.8. The van der Waals surface area contributed by atoms with Gasteiger partial charge < -0.3 is 33.7 Å². The van der Waals surface area contributed by atoms with Gasteiger partial charge in [-0.3, -0.25) is 4.98 Å². The maximum atomic E-state index is 12.9. The molecule has 8 aromatic rings. The van der Waals surface area contributed by atoms with Gasteiger partial charge in [0, 0.05) is 67.1 Å². The Labute approximate surface area is 832 Å². The van der Waals surface area contributed by atoms with E-state index in [0.29, 0.717) is 53.3 Å². The number of aliphatic hydroxyl groups is 1. The van der Waals surface area contributed by atoms with E-state index >= 15 is 0 Å². The number of fused-ring (bicyclic) bond motifs is 1. The molecule has 4 heterocycles. The number of aromatic nitrogens is 2. The lowest BCUT2D eigenvalue weighted by Crippen LogP contribution is -2.38. The smallest absolute Gasteiger partial charge is 0.126 e. The van der Waals surface area contributed by atoms with Crippen molar-refractivity contribution in [2.75, 3.05) is 32.8 Å². The van der Waals surface area contributed by atoms with E-state index in [1.807, 2.05) is 177 Å². The summed E-state index contributed by atoms with van der Waals surface area (Å²) < 4.78 is 31.3. The first-order chi connectivity index (χ1) is 62.9. The van der Waals surface area contributed by atoms with Gasteiger partial charge in [0.05, 0.1) is 30.5 Å². The van der Waals surface area contributed by atoms with Gasteiger partial charge in [-0.15, -0.1) is 0 Å². The fourth-order valence-electron chi connectivity index (χ4n) is 13.4. The molecule has 4 aliphatic carbocycles. The Morgan fingerprint density at radius 2 is 0.903 bits per heavy atom. The van der Waals surface area contributed by atoms with Gasteiger partial charge >= 0.3 is 0 Å². The number of hydrogen-bond acceptors (Lipinski definition) is 7. The molecule has 0 radical (unpaired) electrons. The Kier molecular flexibility index (Phi) is 68.5. The van der Waals surface area contributed by atoms with Crippen molar-refractivity contribution in [1.29, 1.82) is 0 Å². The molecular weight excluding hydrogens is 1660 g/mol. The van der Waals surface area contributed by atoms with Crippen LogP contribution in [-0.2, 0) is 22.5 Å². The van der Waals surface area contributed by atoms with Crippen LogP contribution >= 0.6 is 11.6 Å². The van der Waals surface area contributed by atoms with E-state index in [1.54, 1.807) is 13.0 Å². The molecule has 10 heteroatoms. The van der Waals surface area contributed by atoms with E-state index in [0.717, 1.165) is 106 Å². The molecule has 14 rings (SSSR count). The van der Waals surface area contributed by atoms with Crippen molar-refractivity contribution in [1.82, 2.24) is 19.4 Å². The molecule has 4 saturated carbocycles. The Balaban J connectivity index is 0.00000142. The number of nitrogens with zero attached hydrogens (tertiary/aromatic N) is 4. The second-order valence-corrected chi connectivity index (χ2v) is 44.6. The number of likely N-dealkylation sites (tertiary alicyclic amines) is 2. The van der Waals surface area contributed by atoms with Crippen LogP contribution in [0.2, 0.25) is 5.02 Å². The van der Waals surface area contributed by atoms with Gasteiger partial charge in [0.15, 0.2) is 0 Å². The van der Waals surface area contributed by atoms with E-state index in [1.165, 1.54) is 138 Å². The minimum absolute atomic E-state index is 0.101. The first-order valence-corrected chi connectivity index (χ1v) is 53.1. The summed E-state index contributed by atoms with van der Waals surface area (Å²) in [6.45, 7) is 86.8. The minimum atomic E-state index is -0.500. The van der Waals surface area contributed by atoms with Crippen molar-refractivity contribution in [3.63, 3.8) is 0 Å². The highest BCUT2D eigenvalue weighted by molar-refractivity contribution is 6.30. The number of aryl methyl sites for hydroxylation is 1. The lowest BCUT2D eigenvalue weighted by atomic mass is 9.79. The summed E-state index contributed by atoms with van der Waals surface area (Å²) in [6.07, 6.45) is 27.1. The van der Waals surface area contributed by atoms with Gasteiger partial charge in [-0.1, -0.05) is 323 Å². The number of halogens is 2. The molecule has 2 aliphatic heterocycles. The van der Waals surface area contributed by atoms with Crippen LogP contribution in [0.4, 0.5) is 4.39 Å². The van der Waals surface area contributed by atoms with E-state index in [2.05, 4.69) is 298 Å². The summed E-state index contributed by atoms with van der Waals surface area (Å²) in [4.78, 5) is 9.44. The summed E-state index contributed by atoms with van der Waals surface area (Å²) >= 11 is 5.79. The first-order valence-electron chi connectivity index (χ1n) is 52.7. The van der Waals surface area contributed by atoms with Gasteiger partial charge in [-0.25, -0.2) is 4.39 Å². The SMILES string of the molecule is CC(C)C(C)(C)O.CC(C)C1CC1.CC(C)Cc1ccccc1.CC(C)N1CC2CCCC2C1.CC(C)N1CCC2(CC1)CC2.CC(C)OCC1CC1.CC(C)OCc1ccccc1.CC(C)Oc1ccccc1.CC(C)c1cccc(Cl)c1.CC(C)c1ccccc1.CC(C)c1ccccn1.CC(C)n1cccc1.CCC(C)(C)C(C)C.CCC(C)C.Cc1ccc(C(C)C)cc1F. The fraction of sp³-hybridized carbons (Fsp3) is 0.637. The van der Waals surface area contributed by atoms with Gasteiger partial charge in [0.2, 0.25) is 0 Å². The van der Waals surface area contributed by atoms with Crippen molar-refractivity contribution in [3.05, 3.63) is 263 Å². The fourth-order valence-corrected chi connectivity index (χ4v) is 13.6. The molecule has 0 amide bonds. The van der Waals surface area contributed by atoms with Crippen molar-refractivity contribution < 1.29 is 23.7 Å². The summed E-state index contributed by atoms with van der Waals surface area (Å²) in [5.41, 5.74) is 9.23. The molecule has 2 unspecified atom stereocenters.